The second-order valence-corrected chi connectivity index (χ2v) is 9.28. The highest BCUT2D eigenvalue weighted by Crippen LogP contribution is 2.27. The Labute approximate surface area is 148 Å². The first kappa shape index (κ1) is 18.7. The Morgan fingerprint density at radius 3 is 2.19 bits per heavy atom. The number of hydrogen-bond donors (Lipinski definition) is 4. The van der Waals surface area contributed by atoms with Crippen molar-refractivity contribution in [2.75, 3.05) is 18.1 Å². The second kappa shape index (κ2) is 11.0. The normalized spacial score (nSPS) is 28.7. The minimum Gasteiger partial charge on any atom is -0.300 e. The van der Waals surface area contributed by atoms with Gasteiger partial charge < -0.3 is 5.32 Å². The third-order valence-electron chi connectivity index (χ3n) is 4.86. The molecular weight excluding hydrogens is 336 g/mol. The fourth-order valence-corrected chi connectivity index (χ4v) is 6.06. The molecule has 2 unspecified atom stereocenters. The summed E-state index contributed by atoms with van der Waals surface area (Å²) >= 11 is 8.64. The molecule has 1 heterocycles. The van der Waals surface area contributed by atoms with E-state index in [9.17, 15) is 0 Å². The summed E-state index contributed by atoms with van der Waals surface area (Å²) in [6, 6.07) is 0.631. The van der Waals surface area contributed by atoms with Gasteiger partial charge in [-0.05, 0) is 31.1 Å². The van der Waals surface area contributed by atoms with E-state index in [0.29, 0.717) is 18.1 Å². The molecule has 0 amide bonds. The standard InChI is InChI=1S/C15H30N2S4/c18-20-10-12(11-21-19)8-14-9-16-15(17-14)13-6-4-2-1-3-5-7-13/h12-19H,1-11H2. The molecule has 1 aliphatic carbocycles. The Morgan fingerprint density at radius 2 is 1.57 bits per heavy atom. The molecule has 2 nitrogen and oxygen atoms in total. The van der Waals surface area contributed by atoms with Gasteiger partial charge >= 0.3 is 0 Å². The summed E-state index contributed by atoms with van der Waals surface area (Å²) in [6.45, 7) is 1.13. The van der Waals surface area contributed by atoms with Crippen LogP contribution in [0.25, 0.3) is 0 Å². The van der Waals surface area contributed by atoms with Gasteiger partial charge in [0, 0.05) is 24.1 Å². The van der Waals surface area contributed by atoms with E-state index in [1.807, 2.05) is 0 Å². The Kier molecular flexibility index (Phi) is 9.75. The van der Waals surface area contributed by atoms with Gasteiger partial charge in [0.15, 0.2) is 0 Å². The van der Waals surface area contributed by atoms with E-state index in [1.165, 1.54) is 51.4 Å². The molecule has 0 aromatic rings. The molecule has 1 saturated carbocycles. The van der Waals surface area contributed by atoms with Crippen molar-refractivity contribution in [1.29, 1.82) is 0 Å². The molecule has 0 spiro atoms. The zero-order chi connectivity index (χ0) is 14.9. The molecule has 2 rings (SSSR count). The van der Waals surface area contributed by atoms with E-state index in [0.717, 1.165) is 24.0 Å². The van der Waals surface area contributed by atoms with Crippen molar-refractivity contribution in [3.63, 3.8) is 0 Å². The van der Waals surface area contributed by atoms with Crippen molar-refractivity contribution >= 4 is 44.9 Å². The molecular formula is C15H30N2S4. The molecule has 2 aliphatic rings. The van der Waals surface area contributed by atoms with Crippen LogP contribution in [0.3, 0.4) is 0 Å². The van der Waals surface area contributed by atoms with Crippen molar-refractivity contribution in [1.82, 2.24) is 10.6 Å². The average molecular weight is 367 g/mol. The maximum Gasteiger partial charge on any atom is 0.0603 e. The highest BCUT2D eigenvalue weighted by atomic mass is 33.1. The van der Waals surface area contributed by atoms with E-state index in [4.69, 9.17) is 0 Å². The van der Waals surface area contributed by atoms with Crippen LogP contribution in [-0.2, 0) is 0 Å². The molecule has 1 aliphatic heterocycles. The van der Waals surface area contributed by atoms with E-state index >= 15 is 0 Å². The van der Waals surface area contributed by atoms with E-state index in [2.05, 4.69) is 34.0 Å². The lowest BCUT2D eigenvalue weighted by atomic mass is 9.89. The Bertz CT molecular complexity index is 266. The predicted molar refractivity (Wildman–Crippen MR) is 106 cm³/mol. The molecule has 6 heteroatoms. The maximum atomic E-state index is 4.32. The molecule has 2 N–H and O–H groups in total. The smallest absolute Gasteiger partial charge is 0.0603 e. The Hall–Kier alpha value is 1.32. The summed E-state index contributed by atoms with van der Waals surface area (Å²) in [6.07, 6.45) is 11.8. The maximum absolute atomic E-state index is 4.32. The van der Waals surface area contributed by atoms with E-state index in [1.54, 1.807) is 21.6 Å². The molecule has 0 bridgehead atoms. The molecule has 1 saturated heterocycles. The van der Waals surface area contributed by atoms with Gasteiger partial charge in [-0.2, -0.15) is 0 Å². The van der Waals surface area contributed by atoms with Crippen molar-refractivity contribution in [2.45, 2.75) is 63.6 Å². The van der Waals surface area contributed by atoms with Crippen LogP contribution >= 0.6 is 44.9 Å². The lowest BCUT2D eigenvalue weighted by molar-refractivity contribution is 0.280. The topological polar surface area (TPSA) is 24.1 Å². The van der Waals surface area contributed by atoms with Gasteiger partial charge in [-0.15, -0.1) is 23.3 Å². The predicted octanol–water partition coefficient (Wildman–Crippen LogP) is 4.40. The second-order valence-electron chi connectivity index (χ2n) is 6.55. The van der Waals surface area contributed by atoms with Crippen LogP contribution in [0.2, 0.25) is 0 Å². The van der Waals surface area contributed by atoms with Gasteiger partial charge in [-0.1, -0.05) is 53.7 Å². The fourth-order valence-electron chi connectivity index (χ4n) is 3.71. The van der Waals surface area contributed by atoms with E-state index < -0.39 is 0 Å². The molecule has 2 fully saturated rings. The van der Waals surface area contributed by atoms with Crippen LogP contribution in [0, 0.1) is 11.8 Å². The van der Waals surface area contributed by atoms with Crippen molar-refractivity contribution in [3.05, 3.63) is 0 Å². The van der Waals surface area contributed by atoms with Gasteiger partial charge in [0.05, 0.1) is 6.17 Å². The quantitative estimate of drug-likeness (QED) is 0.396. The molecule has 0 aromatic heterocycles. The summed E-state index contributed by atoms with van der Waals surface area (Å²) in [4.78, 5) is 0. The lowest BCUT2D eigenvalue weighted by Crippen LogP contribution is -2.41. The van der Waals surface area contributed by atoms with Gasteiger partial charge in [0.1, 0.15) is 0 Å². The van der Waals surface area contributed by atoms with Crippen LogP contribution in [0.5, 0.6) is 0 Å². The van der Waals surface area contributed by atoms with Gasteiger partial charge in [0.25, 0.3) is 0 Å². The van der Waals surface area contributed by atoms with Gasteiger partial charge in [-0.3, -0.25) is 5.32 Å². The minimum absolute atomic E-state index is 0.557. The number of nitrogens with one attached hydrogen (secondary N) is 2. The molecule has 21 heavy (non-hydrogen) atoms. The lowest BCUT2D eigenvalue weighted by Gasteiger charge is -2.27. The molecule has 124 valence electrons. The van der Waals surface area contributed by atoms with Crippen LogP contribution in [-0.4, -0.2) is 30.3 Å². The summed E-state index contributed by atoms with van der Waals surface area (Å²) in [5.74, 6) is 3.81. The summed E-state index contributed by atoms with van der Waals surface area (Å²) < 4.78 is 0. The zero-order valence-electron chi connectivity index (χ0n) is 12.8. The Morgan fingerprint density at radius 1 is 0.952 bits per heavy atom. The third kappa shape index (κ3) is 6.76. The highest BCUT2D eigenvalue weighted by molar-refractivity contribution is 8.69. The van der Waals surface area contributed by atoms with Gasteiger partial charge in [-0.25, -0.2) is 0 Å². The zero-order valence-corrected chi connectivity index (χ0v) is 16.2. The van der Waals surface area contributed by atoms with Crippen molar-refractivity contribution in [3.8, 4) is 0 Å². The number of hydrogen-bond acceptors (Lipinski definition) is 6. The Balaban J connectivity index is 1.75. The largest absolute Gasteiger partial charge is 0.300 e. The average Bonchev–Trinajstić information content (AvgIpc) is 2.87. The molecule has 0 radical (unpaired) electrons. The number of thiol groups is 2. The van der Waals surface area contributed by atoms with Crippen LogP contribution in [0.4, 0.5) is 0 Å². The molecule has 0 aromatic carbocycles. The van der Waals surface area contributed by atoms with Crippen LogP contribution < -0.4 is 10.6 Å². The van der Waals surface area contributed by atoms with Crippen molar-refractivity contribution in [2.24, 2.45) is 11.8 Å². The van der Waals surface area contributed by atoms with Gasteiger partial charge in [0.2, 0.25) is 0 Å². The number of rotatable bonds is 7. The highest BCUT2D eigenvalue weighted by Gasteiger charge is 2.30. The first-order chi connectivity index (χ1) is 10.3. The summed E-state index contributed by atoms with van der Waals surface area (Å²) in [7, 11) is 3.33. The third-order valence-corrected chi connectivity index (χ3v) is 6.99. The van der Waals surface area contributed by atoms with Crippen molar-refractivity contribution < 1.29 is 0 Å². The summed E-state index contributed by atoms with van der Waals surface area (Å²) in [5.41, 5.74) is 0. The molecule has 2 atom stereocenters. The first-order valence-electron chi connectivity index (χ1n) is 8.35. The SMILES string of the molecule is SSCC(CSS)CC1CNC(C2CCCCCCC2)N1. The van der Waals surface area contributed by atoms with Crippen LogP contribution in [0.1, 0.15) is 51.4 Å². The van der Waals surface area contributed by atoms with E-state index in [-0.39, 0.29) is 0 Å². The minimum atomic E-state index is 0.557. The summed E-state index contributed by atoms with van der Waals surface area (Å²) in [5, 5.41) is 7.63. The monoisotopic (exact) mass is 366 g/mol. The van der Waals surface area contributed by atoms with Crippen LogP contribution in [0.15, 0.2) is 0 Å². The first-order valence-corrected chi connectivity index (χ1v) is 12.4. The fraction of sp³-hybridized carbons (Fsp3) is 1.00.